The standard InChI is InChI=1S/C7H4ClF5OS/c8-6-1-5(4-14)2-7(3-6)15(9,10,11,12)13/h1-4H. The van der Waals surface area contributed by atoms with E-state index >= 15 is 0 Å². The lowest BCUT2D eigenvalue weighted by Gasteiger charge is -2.40. The van der Waals surface area contributed by atoms with Gasteiger partial charge >= 0.3 is 10.2 Å². The van der Waals surface area contributed by atoms with Crippen LogP contribution >= 0.6 is 21.8 Å². The maximum atomic E-state index is 12.3. The summed E-state index contributed by atoms with van der Waals surface area (Å²) < 4.78 is 61.3. The number of aldehydes is 1. The second kappa shape index (κ2) is 2.65. The minimum atomic E-state index is -9.76. The van der Waals surface area contributed by atoms with Gasteiger partial charge in [-0.05, 0) is 18.2 Å². The minimum absolute atomic E-state index is 0.0128. The Morgan fingerprint density at radius 2 is 1.60 bits per heavy atom. The Kier molecular flexibility index (Phi) is 2.16. The molecule has 1 nitrogen and oxygen atoms in total. The van der Waals surface area contributed by atoms with E-state index in [1.54, 1.807) is 0 Å². The number of hydrogen-bond acceptors (Lipinski definition) is 1. The zero-order chi connectivity index (χ0) is 12.0. The fourth-order valence-corrected chi connectivity index (χ4v) is 1.89. The fraction of sp³-hybridized carbons (Fsp3) is 0. The number of halogens is 6. The summed E-state index contributed by atoms with van der Waals surface area (Å²) in [6.45, 7) is 0. The predicted molar refractivity (Wildman–Crippen MR) is 48.2 cm³/mol. The third-order valence-corrected chi connectivity index (χ3v) is 2.82. The molecule has 0 heterocycles. The molecule has 0 spiro atoms. The largest absolute Gasteiger partial charge is 0.310 e. The van der Waals surface area contributed by atoms with Gasteiger partial charge in [0.1, 0.15) is 11.2 Å². The van der Waals surface area contributed by atoms with Gasteiger partial charge in [0.2, 0.25) is 0 Å². The van der Waals surface area contributed by atoms with Crippen molar-refractivity contribution in [2.45, 2.75) is 4.90 Å². The van der Waals surface area contributed by atoms with E-state index in [9.17, 15) is 24.2 Å². The van der Waals surface area contributed by atoms with Crippen molar-refractivity contribution >= 4 is 28.1 Å². The monoisotopic (exact) mass is 266 g/mol. The molecule has 0 aliphatic heterocycles. The van der Waals surface area contributed by atoms with E-state index in [0.717, 1.165) is 6.07 Å². The summed E-state index contributed by atoms with van der Waals surface area (Å²) in [5.41, 5.74) is -0.550. The lowest BCUT2D eigenvalue weighted by molar-refractivity contribution is 0.112. The highest BCUT2D eigenvalue weighted by molar-refractivity contribution is 8.45. The summed E-state index contributed by atoms with van der Waals surface area (Å²) in [6.07, 6.45) is 0.0128. The Bertz CT molecular complexity index is 426. The predicted octanol–water partition coefficient (Wildman–Crippen LogP) is 4.81. The molecular formula is C7H4ClF5OS. The molecule has 1 aromatic carbocycles. The van der Waals surface area contributed by atoms with Crippen molar-refractivity contribution < 1.29 is 24.2 Å². The first kappa shape index (κ1) is 12.3. The van der Waals surface area contributed by atoms with E-state index in [1.807, 2.05) is 0 Å². The summed E-state index contributed by atoms with van der Waals surface area (Å²) in [6, 6.07) is 1.03. The van der Waals surface area contributed by atoms with Gasteiger partial charge < -0.3 is 0 Å². The third kappa shape index (κ3) is 3.07. The van der Waals surface area contributed by atoms with E-state index < -0.39 is 25.7 Å². The molecule has 8 heteroatoms. The molecule has 0 atom stereocenters. The quantitative estimate of drug-likeness (QED) is 0.554. The Morgan fingerprint density at radius 1 is 1.07 bits per heavy atom. The Labute approximate surface area is 86.6 Å². The van der Waals surface area contributed by atoms with Gasteiger partial charge in [0.15, 0.2) is 0 Å². The molecule has 1 rings (SSSR count). The van der Waals surface area contributed by atoms with Crippen molar-refractivity contribution in [3.05, 3.63) is 28.8 Å². The van der Waals surface area contributed by atoms with Gasteiger partial charge in [0.05, 0.1) is 0 Å². The molecule has 15 heavy (non-hydrogen) atoms. The van der Waals surface area contributed by atoms with Gasteiger partial charge in [-0.25, -0.2) is 0 Å². The Balaban J connectivity index is 3.54. The van der Waals surface area contributed by atoms with Crippen LogP contribution in [0.3, 0.4) is 0 Å². The van der Waals surface area contributed by atoms with Crippen LogP contribution in [0.4, 0.5) is 19.4 Å². The number of carbonyl (C=O) groups is 1. The van der Waals surface area contributed by atoms with Crippen molar-refractivity contribution in [2.75, 3.05) is 0 Å². The third-order valence-electron chi connectivity index (χ3n) is 1.48. The van der Waals surface area contributed by atoms with Crippen LogP contribution in [-0.4, -0.2) is 6.29 Å². The zero-order valence-electron chi connectivity index (χ0n) is 6.89. The lowest BCUT2D eigenvalue weighted by Crippen LogP contribution is -2.06. The van der Waals surface area contributed by atoms with Crippen LogP contribution in [0.2, 0.25) is 5.02 Å². The number of rotatable bonds is 2. The minimum Gasteiger partial charge on any atom is -0.298 e. The van der Waals surface area contributed by atoms with Crippen LogP contribution in [0.25, 0.3) is 0 Å². The van der Waals surface area contributed by atoms with Crippen LogP contribution < -0.4 is 0 Å². The molecule has 0 unspecified atom stereocenters. The molecule has 0 aliphatic rings. The molecule has 0 saturated heterocycles. The molecule has 0 aliphatic carbocycles. The number of carbonyl (C=O) groups excluding carboxylic acids is 1. The highest BCUT2D eigenvalue weighted by Gasteiger charge is 2.65. The Hall–Kier alpha value is -0.820. The first-order valence-corrected chi connectivity index (χ1v) is 5.75. The van der Waals surface area contributed by atoms with E-state index in [0.29, 0.717) is 0 Å². The second-order valence-electron chi connectivity index (χ2n) is 2.81. The SMILES string of the molecule is O=Cc1cc(Cl)cc(S(F)(F)(F)(F)F)c1. The van der Waals surface area contributed by atoms with Crippen LogP contribution in [-0.2, 0) is 0 Å². The smallest absolute Gasteiger partial charge is 0.298 e. The molecule has 1 aromatic rings. The fourth-order valence-electron chi connectivity index (χ4n) is 0.875. The lowest BCUT2D eigenvalue weighted by atomic mass is 10.2. The summed E-state index contributed by atoms with van der Waals surface area (Å²) in [7, 11) is -9.76. The van der Waals surface area contributed by atoms with E-state index in [4.69, 9.17) is 11.6 Å². The number of benzene rings is 1. The molecule has 0 amide bonds. The highest BCUT2D eigenvalue weighted by Crippen LogP contribution is 3.02. The summed E-state index contributed by atoms with van der Waals surface area (Å²) >= 11 is 5.19. The van der Waals surface area contributed by atoms with Crippen molar-refractivity contribution in [1.29, 1.82) is 0 Å². The maximum Gasteiger partial charge on any atom is 0.310 e. The summed E-state index contributed by atoms with van der Waals surface area (Å²) in [4.78, 5) is 8.03. The first-order chi connectivity index (χ1) is 6.42. The second-order valence-corrected chi connectivity index (χ2v) is 5.65. The summed E-state index contributed by atoms with van der Waals surface area (Å²) in [5, 5.41) is -0.567. The van der Waals surface area contributed by atoms with E-state index in [2.05, 4.69) is 0 Å². The molecule has 86 valence electrons. The average Bonchev–Trinajstić information content (AvgIpc) is 1.99. The van der Waals surface area contributed by atoms with Gasteiger partial charge in [-0.3, -0.25) is 4.79 Å². The van der Waals surface area contributed by atoms with Crippen molar-refractivity contribution in [2.24, 2.45) is 0 Å². The van der Waals surface area contributed by atoms with Gasteiger partial charge in [-0.15, -0.1) is 0 Å². The van der Waals surface area contributed by atoms with Gasteiger partial charge in [0.25, 0.3) is 0 Å². The first-order valence-electron chi connectivity index (χ1n) is 3.42. The summed E-state index contributed by atoms with van der Waals surface area (Å²) in [5.74, 6) is 0. The molecule has 0 bridgehead atoms. The van der Waals surface area contributed by atoms with Crippen LogP contribution in [0.5, 0.6) is 0 Å². The molecular weight excluding hydrogens is 263 g/mol. The zero-order valence-corrected chi connectivity index (χ0v) is 8.47. The van der Waals surface area contributed by atoms with Crippen LogP contribution in [0, 0.1) is 0 Å². The Morgan fingerprint density at radius 3 is 2.00 bits per heavy atom. The average molecular weight is 267 g/mol. The molecule has 0 saturated carbocycles. The van der Waals surface area contributed by atoms with E-state index in [1.165, 1.54) is 0 Å². The molecule has 0 N–H and O–H groups in total. The van der Waals surface area contributed by atoms with Gasteiger partial charge in [-0.1, -0.05) is 31.0 Å². The van der Waals surface area contributed by atoms with Crippen LogP contribution in [0.1, 0.15) is 10.4 Å². The van der Waals surface area contributed by atoms with Gasteiger partial charge in [0, 0.05) is 10.6 Å². The van der Waals surface area contributed by atoms with Crippen LogP contribution in [0.15, 0.2) is 23.1 Å². The normalized spacial score (nSPS) is 16.7. The molecule has 0 radical (unpaired) electrons. The molecule has 0 aromatic heterocycles. The van der Waals surface area contributed by atoms with E-state index in [-0.39, 0.29) is 18.4 Å². The number of hydrogen-bond donors (Lipinski definition) is 0. The topological polar surface area (TPSA) is 17.1 Å². The maximum absolute atomic E-state index is 12.3. The van der Waals surface area contributed by atoms with Crippen molar-refractivity contribution in [1.82, 2.24) is 0 Å². The molecule has 0 fully saturated rings. The van der Waals surface area contributed by atoms with Crippen molar-refractivity contribution in [3.63, 3.8) is 0 Å². The van der Waals surface area contributed by atoms with Crippen molar-refractivity contribution in [3.8, 4) is 0 Å². The highest BCUT2D eigenvalue weighted by atomic mass is 35.5. The van der Waals surface area contributed by atoms with Gasteiger partial charge in [-0.2, -0.15) is 0 Å².